The van der Waals surface area contributed by atoms with Crippen LogP contribution in [0.15, 0.2) is 18.2 Å². The molecule has 118 valence electrons. The zero-order valence-electron chi connectivity index (χ0n) is 12.8. The Kier molecular flexibility index (Phi) is 6.81. The molecule has 1 saturated heterocycles. The number of halogens is 2. The Balaban J connectivity index is 1.96. The van der Waals surface area contributed by atoms with Gasteiger partial charge in [-0.2, -0.15) is 0 Å². The van der Waals surface area contributed by atoms with Gasteiger partial charge in [0.1, 0.15) is 0 Å². The minimum Gasteiger partial charge on any atom is -0.324 e. The van der Waals surface area contributed by atoms with Gasteiger partial charge in [0, 0.05) is 18.6 Å². The van der Waals surface area contributed by atoms with Crippen molar-refractivity contribution in [2.24, 2.45) is 5.73 Å². The van der Waals surface area contributed by atoms with Crippen molar-refractivity contribution in [1.29, 1.82) is 0 Å². The molecule has 1 fully saturated rings. The zero-order chi connectivity index (χ0) is 15.2. The molecule has 0 bridgehead atoms. The van der Waals surface area contributed by atoms with E-state index >= 15 is 0 Å². The Morgan fingerprint density at radius 1 is 1.29 bits per heavy atom. The number of nitrogens with zero attached hydrogens (tertiary/aromatic N) is 1. The molecule has 4 heteroatoms. The summed E-state index contributed by atoms with van der Waals surface area (Å²) in [5.74, 6) is 0. The van der Waals surface area contributed by atoms with Gasteiger partial charge in [0.25, 0.3) is 0 Å². The lowest BCUT2D eigenvalue weighted by Crippen LogP contribution is -2.36. The van der Waals surface area contributed by atoms with Crippen molar-refractivity contribution in [2.75, 3.05) is 13.1 Å². The molecule has 1 aromatic rings. The van der Waals surface area contributed by atoms with Crippen LogP contribution < -0.4 is 5.73 Å². The first kappa shape index (κ1) is 17.1. The predicted octanol–water partition coefficient (Wildman–Crippen LogP) is 5.04. The molecule has 2 atom stereocenters. The highest BCUT2D eigenvalue weighted by Gasteiger charge is 2.20. The summed E-state index contributed by atoms with van der Waals surface area (Å²) < 4.78 is 0. The van der Waals surface area contributed by atoms with Crippen LogP contribution in [0, 0.1) is 0 Å². The number of hydrogen-bond acceptors (Lipinski definition) is 2. The van der Waals surface area contributed by atoms with Gasteiger partial charge in [-0.05, 0) is 43.9 Å². The second kappa shape index (κ2) is 8.38. The van der Waals surface area contributed by atoms with E-state index in [1.54, 1.807) is 0 Å². The van der Waals surface area contributed by atoms with E-state index in [0.29, 0.717) is 10.0 Å². The van der Waals surface area contributed by atoms with Gasteiger partial charge in [-0.15, -0.1) is 0 Å². The molecule has 1 aliphatic heterocycles. The fourth-order valence-electron chi connectivity index (χ4n) is 3.26. The number of likely N-dealkylation sites (tertiary alicyclic amines) is 1. The van der Waals surface area contributed by atoms with Crippen molar-refractivity contribution in [2.45, 2.75) is 57.5 Å². The average molecular weight is 329 g/mol. The molecule has 1 aromatic carbocycles. The maximum absolute atomic E-state index is 6.34. The summed E-state index contributed by atoms with van der Waals surface area (Å²) in [6.45, 7) is 4.54. The monoisotopic (exact) mass is 328 g/mol. The van der Waals surface area contributed by atoms with Gasteiger partial charge in [0.05, 0.1) is 10.0 Å². The van der Waals surface area contributed by atoms with Gasteiger partial charge in [-0.1, -0.05) is 55.1 Å². The molecule has 0 amide bonds. The molecule has 1 heterocycles. The van der Waals surface area contributed by atoms with E-state index in [9.17, 15) is 0 Å². The lowest BCUT2D eigenvalue weighted by molar-refractivity contribution is 0.188. The highest BCUT2D eigenvalue weighted by atomic mass is 35.5. The largest absolute Gasteiger partial charge is 0.324 e. The Morgan fingerprint density at radius 3 is 2.86 bits per heavy atom. The van der Waals surface area contributed by atoms with Crippen LogP contribution in [-0.2, 0) is 0 Å². The second-order valence-corrected chi connectivity index (χ2v) is 6.77. The molecule has 2 unspecified atom stereocenters. The SMILES string of the molecule is CCC1CCCCCN1CCC(N)c1cccc(Cl)c1Cl. The molecule has 0 radical (unpaired) electrons. The lowest BCUT2D eigenvalue weighted by Gasteiger charge is -2.30. The Bertz CT molecular complexity index is 450. The summed E-state index contributed by atoms with van der Waals surface area (Å²) in [6, 6.07) is 6.39. The summed E-state index contributed by atoms with van der Waals surface area (Å²) in [7, 11) is 0. The quantitative estimate of drug-likeness (QED) is 0.820. The van der Waals surface area contributed by atoms with Crippen molar-refractivity contribution in [3.05, 3.63) is 33.8 Å². The van der Waals surface area contributed by atoms with Crippen LogP contribution in [0.2, 0.25) is 10.0 Å². The third-order valence-electron chi connectivity index (χ3n) is 4.58. The number of benzene rings is 1. The molecule has 21 heavy (non-hydrogen) atoms. The van der Waals surface area contributed by atoms with E-state index in [1.807, 2.05) is 18.2 Å². The van der Waals surface area contributed by atoms with Gasteiger partial charge in [0.15, 0.2) is 0 Å². The zero-order valence-corrected chi connectivity index (χ0v) is 14.3. The second-order valence-electron chi connectivity index (χ2n) is 5.99. The van der Waals surface area contributed by atoms with E-state index in [0.717, 1.165) is 24.6 Å². The van der Waals surface area contributed by atoms with Crippen molar-refractivity contribution < 1.29 is 0 Å². The lowest BCUT2D eigenvalue weighted by atomic mass is 10.0. The molecule has 2 nitrogen and oxygen atoms in total. The minimum absolute atomic E-state index is 0.0445. The summed E-state index contributed by atoms with van der Waals surface area (Å²) >= 11 is 12.3. The molecular formula is C17H26Cl2N2. The van der Waals surface area contributed by atoms with Gasteiger partial charge in [-0.25, -0.2) is 0 Å². The van der Waals surface area contributed by atoms with Crippen molar-refractivity contribution in [3.8, 4) is 0 Å². The van der Waals surface area contributed by atoms with E-state index in [1.165, 1.54) is 38.6 Å². The third-order valence-corrected chi connectivity index (χ3v) is 5.41. The first-order valence-corrected chi connectivity index (χ1v) is 8.82. The van der Waals surface area contributed by atoms with Crippen molar-refractivity contribution in [1.82, 2.24) is 4.90 Å². The smallest absolute Gasteiger partial charge is 0.0640 e. The van der Waals surface area contributed by atoms with Crippen LogP contribution in [0.25, 0.3) is 0 Å². The van der Waals surface area contributed by atoms with Crippen LogP contribution in [0.4, 0.5) is 0 Å². The van der Waals surface area contributed by atoms with Crippen molar-refractivity contribution >= 4 is 23.2 Å². The molecule has 0 saturated carbocycles. The summed E-state index contributed by atoms with van der Waals surface area (Å²) in [4.78, 5) is 2.62. The summed E-state index contributed by atoms with van der Waals surface area (Å²) in [5.41, 5.74) is 7.30. The first-order chi connectivity index (χ1) is 10.1. The Labute approximate surface area is 138 Å². The molecule has 0 aromatic heterocycles. The molecular weight excluding hydrogens is 303 g/mol. The Hall–Kier alpha value is -0.280. The molecule has 0 aliphatic carbocycles. The maximum atomic E-state index is 6.34. The fourth-order valence-corrected chi connectivity index (χ4v) is 3.71. The van der Waals surface area contributed by atoms with Crippen LogP contribution in [0.1, 0.15) is 57.1 Å². The molecule has 1 aliphatic rings. The van der Waals surface area contributed by atoms with Crippen LogP contribution in [-0.4, -0.2) is 24.0 Å². The van der Waals surface area contributed by atoms with Gasteiger partial charge in [-0.3, -0.25) is 0 Å². The summed E-state index contributed by atoms with van der Waals surface area (Å²) in [5, 5.41) is 1.19. The number of nitrogens with two attached hydrogens (primary N) is 1. The van der Waals surface area contributed by atoms with E-state index in [4.69, 9.17) is 28.9 Å². The number of rotatable bonds is 5. The highest BCUT2D eigenvalue weighted by Crippen LogP contribution is 2.30. The molecule has 0 spiro atoms. The third kappa shape index (κ3) is 4.59. The standard InChI is InChI=1S/C17H26Cl2N2/c1-2-13-7-4-3-5-11-21(13)12-10-16(20)14-8-6-9-15(18)17(14)19/h6,8-9,13,16H,2-5,7,10-12,20H2,1H3. The van der Waals surface area contributed by atoms with Crippen LogP contribution in [0.3, 0.4) is 0 Å². The van der Waals surface area contributed by atoms with E-state index in [-0.39, 0.29) is 6.04 Å². The van der Waals surface area contributed by atoms with Gasteiger partial charge < -0.3 is 10.6 Å². The maximum Gasteiger partial charge on any atom is 0.0640 e. The first-order valence-electron chi connectivity index (χ1n) is 8.07. The topological polar surface area (TPSA) is 29.3 Å². The summed E-state index contributed by atoms with van der Waals surface area (Å²) in [6.07, 6.45) is 7.51. The van der Waals surface area contributed by atoms with E-state index in [2.05, 4.69) is 11.8 Å². The van der Waals surface area contributed by atoms with Crippen LogP contribution in [0.5, 0.6) is 0 Å². The highest BCUT2D eigenvalue weighted by molar-refractivity contribution is 6.42. The van der Waals surface area contributed by atoms with Gasteiger partial charge in [0.2, 0.25) is 0 Å². The predicted molar refractivity (Wildman–Crippen MR) is 92.1 cm³/mol. The van der Waals surface area contributed by atoms with Crippen LogP contribution >= 0.6 is 23.2 Å². The normalized spacial score (nSPS) is 22.0. The van der Waals surface area contributed by atoms with Crippen molar-refractivity contribution in [3.63, 3.8) is 0 Å². The molecule has 2 rings (SSSR count). The number of hydrogen-bond donors (Lipinski definition) is 1. The van der Waals surface area contributed by atoms with E-state index < -0.39 is 0 Å². The van der Waals surface area contributed by atoms with Gasteiger partial charge >= 0.3 is 0 Å². The average Bonchev–Trinajstić information content (AvgIpc) is 2.72. The molecule has 2 N–H and O–H groups in total. The minimum atomic E-state index is -0.0445. The fraction of sp³-hybridized carbons (Fsp3) is 0.647. The Morgan fingerprint density at radius 2 is 2.10 bits per heavy atom.